The molecule has 1 N–H and O–H groups in total. The topological polar surface area (TPSA) is 141 Å². The number of hydrogen-bond donors (Lipinski definition) is 1. The van der Waals surface area contributed by atoms with E-state index in [0.29, 0.717) is 36.7 Å². The summed E-state index contributed by atoms with van der Waals surface area (Å²) in [5.41, 5.74) is 0.934. The molecule has 0 radical (unpaired) electrons. The molecule has 0 saturated carbocycles. The first kappa shape index (κ1) is 22.7. The standard InChI is InChI=1S/C21H23N5O6S/c1-2-31-18-9-8-16(13-19(18)33(29,30)25-10-3-4-11-25)22-14-20-23-21(24-32-20)15-6-5-7-17(12-15)26(27)28/h5-9,12-13,22H,2-4,10-11,14H2,1H3. The van der Waals surface area contributed by atoms with E-state index in [0.717, 1.165) is 12.8 Å². The van der Waals surface area contributed by atoms with Crippen molar-refractivity contribution in [2.24, 2.45) is 0 Å². The van der Waals surface area contributed by atoms with E-state index >= 15 is 0 Å². The van der Waals surface area contributed by atoms with Gasteiger partial charge in [-0.1, -0.05) is 17.3 Å². The molecule has 1 aromatic heterocycles. The molecule has 0 aliphatic carbocycles. The summed E-state index contributed by atoms with van der Waals surface area (Å²) in [5, 5.41) is 17.9. The normalized spacial score (nSPS) is 14.3. The fourth-order valence-corrected chi connectivity index (χ4v) is 5.22. The van der Waals surface area contributed by atoms with E-state index in [1.54, 1.807) is 31.2 Å². The number of ether oxygens (including phenoxy) is 1. The fourth-order valence-electron chi connectivity index (χ4n) is 3.54. The second kappa shape index (κ2) is 9.55. The zero-order chi connectivity index (χ0) is 23.4. The van der Waals surface area contributed by atoms with E-state index in [9.17, 15) is 18.5 Å². The van der Waals surface area contributed by atoms with Gasteiger partial charge in [-0.2, -0.15) is 9.29 Å². The number of nitro benzene ring substituents is 1. The molecule has 0 bridgehead atoms. The number of anilines is 1. The second-order valence-electron chi connectivity index (χ2n) is 7.38. The Morgan fingerprint density at radius 2 is 2.00 bits per heavy atom. The van der Waals surface area contributed by atoms with Crippen molar-refractivity contribution in [1.82, 2.24) is 14.4 Å². The summed E-state index contributed by atoms with van der Waals surface area (Å²) in [6.07, 6.45) is 1.68. The quantitative estimate of drug-likeness (QED) is 0.365. The highest BCUT2D eigenvalue weighted by molar-refractivity contribution is 7.89. The van der Waals surface area contributed by atoms with Crippen LogP contribution in [0.4, 0.5) is 11.4 Å². The maximum atomic E-state index is 13.1. The molecule has 3 aromatic rings. The molecule has 12 heteroatoms. The Morgan fingerprint density at radius 1 is 1.21 bits per heavy atom. The third kappa shape index (κ3) is 4.96. The number of aromatic nitrogens is 2. The van der Waals surface area contributed by atoms with Crippen molar-refractivity contribution in [1.29, 1.82) is 0 Å². The molecular weight excluding hydrogens is 450 g/mol. The number of hydrogen-bond acceptors (Lipinski definition) is 9. The smallest absolute Gasteiger partial charge is 0.270 e. The number of nitrogens with zero attached hydrogens (tertiary/aromatic N) is 4. The lowest BCUT2D eigenvalue weighted by Gasteiger charge is -2.19. The van der Waals surface area contributed by atoms with Gasteiger partial charge in [0.05, 0.1) is 18.1 Å². The molecule has 4 rings (SSSR count). The Balaban J connectivity index is 1.52. The van der Waals surface area contributed by atoms with Gasteiger partial charge in [0.2, 0.25) is 21.7 Å². The second-order valence-corrected chi connectivity index (χ2v) is 9.28. The molecule has 0 amide bonds. The Kier molecular flexibility index (Phi) is 6.56. The van der Waals surface area contributed by atoms with Crippen LogP contribution in [0.15, 0.2) is 51.9 Å². The van der Waals surface area contributed by atoms with Crippen molar-refractivity contribution in [3.63, 3.8) is 0 Å². The molecule has 2 aromatic carbocycles. The lowest BCUT2D eigenvalue weighted by Crippen LogP contribution is -2.28. The molecule has 1 fully saturated rings. The summed E-state index contributed by atoms with van der Waals surface area (Å²) in [7, 11) is -3.68. The summed E-state index contributed by atoms with van der Waals surface area (Å²) in [5.74, 6) is 0.773. The van der Waals surface area contributed by atoms with Gasteiger partial charge in [0.1, 0.15) is 10.6 Å². The van der Waals surface area contributed by atoms with E-state index in [1.165, 1.54) is 22.5 Å². The van der Waals surface area contributed by atoms with E-state index in [4.69, 9.17) is 9.26 Å². The SMILES string of the molecule is CCOc1ccc(NCc2nc(-c3cccc([N+](=O)[O-])c3)no2)cc1S(=O)(=O)N1CCCC1. The van der Waals surface area contributed by atoms with Gasteiger partial charge in [-0.05, 0) is 38.0 Å². The van der Waals surface area contributed by atoms with Gasteiger partial charge in [0.15, 0.2) is 0 Å². The van der Waals surface area contributed by atoms with E-state index in [1.807, 2.05) is 0 Å². The molecule has 0 atom stereocenters. The Morgan fingerprint density at radius 3 is 2.73 bits per heavy atom. The molecule has 0 unspecified atom stereocenters. The number of sulfonamides is 1. The number of nitro groups is 1. The summed E-state index contributed by atoms with van der Waals surface area (Å²) in [6, 6.07) is 10.8. The van der Waals surface area contributed by atoms with Crippen molar-refractivity contribution in [3.8, 4) is 17.1 Å². The monoisotopic (exact) mass is 473 g/mol. The highest BCUT2D eigenvalue weighted by Crippen LogP contribution is 2.32. The first-order valence-corrected chi connectivity index (χ1v) is 11.9. The summed E-state index contributed by atoms with van der Waals surface area (Å²) in [4.78, 5) is 14.9. The summed E-state index contributed by atoms with van der Waals surface area (Å²) in [6.45, 7) is 3.27. The maximum absolute atomic E-state index is 13.1. The van der Waals surface area contributed by atoms with Gasteiger partial charge in [-0.25, -0.2) is 8.42 Å². The third-order valence-electron chi connectivity index (χ3n) is 5.15. The number of benzene rings is 2. The lowest BCUT2D eigenvalue weighted by molar-refractivity contribution is -0.384. The van der Waals surface area contributed by atoms with Crippen LogP contribution in [0.2, 0.25) is 0 Å². The van der Waals surface area contributed by atoms with Gasteiger partial charge >= 0.3 is 0 Å². The van der Waals surface area contributed by atoms with Crippen LogP contribution in [-0.4, -0.2) is 47.5 Å². The zero-order valence-electron chi connectivity index (χ0n) is 17.9. The molecule has 11 nitrogen and oxygen atoms in total. The molecule has 1 saturated heterocycles. The largest absolute Gasteiger partial charge is 0.492 e. The molecule has 1 aliphatic rings. The van der Waals surface area contributed by atoms with Crippen molar-refractivity contribution < 1.29 is 22.6 Å². The third-order valence-corrected chi connectivity index (χ3v) is 7.07. The van der Waals surface area contributed by atoms with Crippen molar-refractivity contribution in [3.05, 3.63) is 58.5 Å². The van der Waals surface area contributed by atoms with E-state index in [-0.39, 0.29) is 28.8 Å². The maximum Gasteiger partial charge on any atom is 0.270 e. The molecular formula is C21H23N5O6S. The molecule has 33 heavy (non-hydrogen) atoms. The average molecular weight is 474 g/mol. The Bertz CT molecular complexity index is 1250. The summed E-state index contributed by atoms with van der Waals surface area (Å²) < 4.78 is 38.5. The number of nitrogens with one attached hydrogen (secondary N) is 1. The van der Waals surface area contributed by atoms with Crippen molar-refractivity contribution in [2.45, 2.75) is 31.2 Å². The van der Waals surface area contributed by atoms with Crippen molar-refractivity contribution >= 4 is 21.4 Å². The number of non-ortho nitro benzene ring substituents is 1. The van der Waals surface area contributed by atoms with Crippen LogP contribution < -0.4 is 10.1 Å². The van der Waals surface area contributed by atoms with Crippen LogP contribution in [0.1, 0.15) is 25.7 Å². The molecule has 2 heterocycles. The van der Waals surface area contributed by atoms with Crippen LogP contribution in [0.5, 0.6) is 5.75 Å². The first-order valence-electron chi connectivity index (χ1n) is 10.5. The number of rotatable bonds is 9. The molecule has 1 aliphatic heterocycles. The Labute approximate surface area is 190 Å². The minimum absolute atomic E-state index is 0.0712. The van der Waals surface area contributed by atoms with Crippen LogP contribution in [0, 0.1) is 10.1 Å². The van der Waals surface area contributed by atoms with Crippen LogP contribution in [0.25, 0.3) is 11.4 Å². The van der Waals surface area contributed by atoms with Crippen LogP contribution >= 0.6 is 0 Å². The van der Waals surface area contributed by atoms with Crippen LogP contribution in [-0.2, 0) is 16.6 Å². The summed E-state index contributed by atoms with van der Waals surface area (Å²) >= 11 is 0. The minimum Gasteiger partial charge on any atom is -0.492 e. The van der Waals surface area contributed by atoms with Gasteiger partial charge in [-0.3, -0.25) is 10.1 Å². The van der Waals surface area contributed by atoms with Crippen LogP contribution in [0.3, 0.4) is 0 Å². The molecule has 174 valence electrons. The van der Waals surface area contributed by atoms with Gasteiger partial charge < -0.3 is 14.6 Å². The fraction of sp³-hybridized carbons (Fsp3) is 0.333. The van der Waals surface area contributed by atoms with Gasteiger partial charge in [0, 0.05) is 36.5 Å². The highest BCUT2D eigenvalue weighted by Gasteiger charge is 2.30. The zero-order valence-corrected chi connectivity index (χ0v) is 18.7. The van der Waals surface area contributed by atoms with Gasteiger partial charge in [-0.15, -0.1) is 0 Å². The Hall–Kier alpha value is -3.51. The highest BCUT2D eigenvalue weighted by atomic mass is 32.2. The van der Waals surface area contributed by atoms with E-state index in [2.05, 4.69) is 15.5 Å². The average Bonchev–Trinajstić information content (AvgIpc) is 3.51. The predicted molar refractivity (Wildman–Crippen MR) is 119 cm³/mol. The lowest BCUT2D eigenvalue weighted by atomic mass is 10.2. The van der Waals surface area contributed by atoms with Crippen molar-refractivity contribution in [2.75, 3.05) is 25.0 Å². The van der Waals surface area contributed by atoms with E-state index < -0.39 is 14.9 Å². The minimum atomic E-state index is -3.68. The predicted octanol–water partition coefficient (Wildman–Crippen LogP) is 3.44. The molecule has 0 spiro atoms. The first-order chi connectivity index (χ1) is 15.9. The van der Waals surface area contributed by atoms with Gasteiger partial charge in [0.25, 0.3) is 5.69 Å².